The Morgan fingerprint density at radius 1 is 1.26 bits per heavy atom. The van der Waals surface area contributed by atoms with Crippen molar-refractivity contribution in [3.8, 4) is 0 Å². The number of amides is 1. The number of nitrogens with zero attached hydrogens (tertiary/aromatic N) is 6. The van der Waals surface area contributed by atoms with E-state index in [2.05, 4.69) is 20.1 Å². The van der Waals surface area contributed by atoms with E-state index in [1.165, 1.54) is 0 Å². The van der Waals surface area contributed by atoms with Crippen molar-refractivity contribution in [3.63, 3.8) is 0 Å². The van der Waals surface area contributed by atoms with Gasteiger partial charge in [0.2, 0.25) is 0 Å². The van der Waals surface area contributed by atoms with E-state index >= 15 is 0 Å². The minimum Gasteiger partial charge on any atom is -0.338 e. The molecule has 0 radical (unpaired) electrons. The molecular formula is C16H16N6O. The van der Waals surface area contributed by atoms with Crippen LogP contribution in [0.5, 0.6) is 0 Å². The van der Waals surface area contributed by atoms with Crippen molar-refractivity contribution in [2.24, 2.45) is 0 Å². The molecule has 23 heavy (non-hydrogen) atoms. The minimum atomic E-state index is -0.0162. The Balaban J connectivity index is 1.59. The summed E-state index contributed by atoms with van der Waals surface area (Å²) in [5, 5.41) is 4.20. The van der Waals surface area contributed by atoms with Crippen molar-refractivity contribution >= 4 is 11.6 Å². The first-order chi connectivity index (χ1) is 11.3. The number of rotatable bonds is 2. The Morgan fingerprint density at radius 2 is 2.22 bits per heavy atom. The molecule has 116 valence electrons. The number of aromatic nitrogens is 5. The van der Waals surface area contributed by atoms with Gasteiger partial charge in [0.05, 0.1) is 6.20 Å². The van der Waals surface area contributed by atoms with Crippen LogP contribution in [0.1, 0.15) is 34.8 Å². The van der Waals surface area contributed by atoms with Crippen molar-refractivity contribution in [1.29, 1.82) is 0 Å². The molecule has 0 aliphatic carbocycles. The molecule has 0 N–H and O–H groups in total. The molecule has 0 unspecified atom stereocenters. The Hall–Kier alpha value is -2.83. The van der Waals surface area contributed by atoms with Gasteiger partial charge in [-0.1, -0.05) is 0 Å². The molecule has 7 nitrogen and oxygen atoms in total. The monoisotopic (exact) mass is 308 g/mol. The van der Waals surface area contributed by atoms with Crippen LogP contribution in [0.4, 0.5) is 0 Å². The van der Waals surface area contributed by atoms with E-state index in [0.717, 1.165) is 25.1 Å². The van der Waals surface area contributed by atoms with Crippen molar-refractivity contribution in [2.75, 3.05) is 13.1 Å². The summed E-state index contributed by atoms with van der Waals surface area (Å²) in [6.07, 6.45) is 10.4. The standard InChI is InChI=1S/C16H16N6O/c23-16(13-9-20-22-8-2-5-18-15(13)22)21-7-1-3-12(10-21)14-4-6-17-11-19-14/h2,4-6,8-9,11-12H,1,3,7,10H2/t12-/m1/s1. The average molecular weight is 308 g/mol. The molecule has 1 fully saturated rings. The zero-order valence-electron chi connectivity index (χ0n) is 12.5. The highest BCUT2D eigenvalue weighted by Gasteiger charge is 2.28. The lowest BCUT2D eigenvalue weighted by molar-refractivity contribution is 0.0707. The normalized spacial score (nSPS) is 18.3. The van der Waals surface area contributed by atoms with Crippen molar-refractivity contribution < 1.29 is 4.79 Å². The topological polar surface area (TPSA) is 76.3 Å². The molecule has 3 aromatic rings. The van der Waals surface area contributed by atoms with Gasteiger partial charge in [0, 0.05) is 43.3 Å². The Labute approximate surface area is 133 Å². The van der Waals surface area contributed by atoms with E-state index in [-0.39, 0.29) is 11.8 Å². The summed E-state index contributed by atoms with van der Waals surface area (Å²) in [5.41, 5.74) is 2.14. The van der Waals surface area contributed by atoms with E-state index in [1.54, 1.807) is 41.7 Å². The molecule has 4 heterocycles. The van der Waals surface area contributed by atoms with Crippen molar-refractivity contribution in [1.82, 2.24) is 29.5 Å². The molecule has 0 saturated carbocycles. The second-order valence-electron chi connectivity index (χ2n) is 5.67. The van der Waals surface area contributed by atoms with Gasteiger partial charge in [-0.15, -0.1) is 0 Å². The van der Waals surface area contributed by atoms with E-state index in [9.17, 15) is 4.79 Å². The molecule has 0 spiro atoms. The lowest BCUT2D eigenvalue weighted by Crippen LogP contribution is -2.39. The second kappa shape index (κ2) is 5.75. The number of likely N-dealkylation sites (tertiary alicyclic amines) is 1. The lowest BCUT2D eigenvalue weighted by atomic mass is 9.94. The first-order valence-electron chi connectivity index (χ1n) is 7.66. The first kappa shape index (κ1) is 13.8. The third-order valence-electron chi connectivity index (χ3n) is 4.24. The van der Waals surface area contributed by atoms with Crippen LogP contribution < -0.4 is 0 Å². The predicted molar refractivity (Wildman–Crippen MR) is 82.9 cm³/mol. The van der Waals surface area contributed by atoms with Gasteiger partial charge in [0.15, 0.2) is 5.65 Å². The summed E-state index contributed by atoms with van der Waals surface area (Å²) in [5.74, 6) is 0.239. The first-order valence-corrected chi connectivity index (χ1v) is 7.66. The Morgan fingerprint density at radius 3 is 3.09 bits per heavy atom. The summed E-state index contributed by atoms with van der Waals surface area (Å²) >= 11 is 0. The Bertz CT molecular complexity index is 831. The minimum absolute atomic E-state index is 0.0162. The molecule has 1 saturated heterocycles. The van der Waals surface area contributed by atoms with Gasteiger partial charge in [-0.3, -0.25) is 4.79 Å². The van der Waals surface area contributed by atoms with Crippen LogP contribution in [0.2, 0.25) is 0 Å². The average Bonchev–Trinajstić information content (AvgIpc) is 3.06. The zero-order chi connectivity index (χ0) is 15.6. The number of hydrogen-bond acceptors (Lipinski definition) is 5. The maximum absolute atomic E-state index is 12.9. The molecule has 3 aromatic heterocycles. The summed E-state index contributed by atoms with van der Waals surface area (Å²) in [6.45, 7) is 1.42. The zero-order valence-corrected chi connectivity index (χ0v) is 12.5. The van der Waals surface area contributed by atoms with Gasteiger partial charge in [-0.05, 0) is 25.0 Å². The van der Waals surface area contributed by atoms with E-state index in [0.29, 0.717) is 17.8 Å². The largest absolute Gasteiger partial charge is 0.338 e. The summed E-state index contributed by atoms with van der Waals surface area (Å²) in [7, 11) is 0. The van der Waals surface area contributed by atoms with Gasteiger partial charge >= 0.3 is 0 Å². The van der Waals surface area contributed by atoms with Crippen LogP contribution >= 0.6 is 0 Å². The fraction of sp³-hybridized carbons (Fsp3) is 0.312. The number of carbonyl (C=O) groups is 1. The van der Waals surface area contributed by atoms with Crippen LogP contribution in [0.3, 0.4) is 0 Å². The van der Waals surface area contributed by atoms with Gasteiger partial charge < -0.3 is 4.90 Å². The van der Waals surface area contributed by atoms with E-state index < -0.39 is 0 Å². The van der Waals surface area contributed by atoms with Gasteiger partial charge in [0.1, 0.15) is 11.9 Å². The molecule has 1 amide bonds. The second-order valence-corrected chi connectivity index (χ2v) is 5.67. The molecular weight excluding hydrogens is 292 g/mol. The highest BCUT2D eigenvalue weighted by atomic mass is 16.2. The SMILES string of the molecule is O=C(c1cnn2cccnc12)N1CCC[C@@H](c2ccncn2)C1. The van der Waals surface area contributed by atoms with Gasteiger partial charge in [0.25, 0.3) is 5.91 Å². The summed E-state index contributed by atoms with van der Waals surface area (Å²) in [4.78, 5) is 27.3. The van der Waals surface area contributed by atoms with Crippen LogP contribution in [-0.4, -0.2) is 48.5 Å². The lowest BCUT2D eigenvalue weighted by Gasteiger charge is -2.32. The maximum atomic E-state index is 12.9. The third kappa shape index (κ3) is 2.54. The summed E-state index contributed by atoms with van der Waals surface area (Å²) < 4.78 is 1.62. The van der Waals surface area contributed by atoms with Gasteiger partial charge in [-0.25, -0.2) is 19.5 Å². The molecule has 7 heteroatoms. The highest BCUT2D eigenvalue weighted by molar-refractivity contribution is 5.99. The molecule has 0 bridgehead atoms. The molecule has 1 aliphatic heterocycles. The molecule has 4 rings (SSSR count). The van der Waals surface area contributed by atoms with Crippen LogP contribution in [-0.2, 0) is 0 Å². The van der Waals surface area contributed by atoms with E-state index in [4.69, 9.17) is 0 Å². The fourth-order valence-electron chi connectivity index (χ4n) is 3.09. The maximum Gasteiger partial charge on any atom is 0.259 e. The molecule has 1 atom stereocenters. The smallest absolute Gasteiger partial charge is 0.259 e. The number of piperidine rings is 1. The van der Waals surface area contributed by atoms with Gasteiger partial charge in [-0.2, -0.15) is 5.10 Å². The predicted octanol–water partition coefficient (Wildman–Crippen LogP) is 1.54. The van der Waals surface area contributed by atoms with Crippen molar-refractivity contribution in [2.45, 2.75) is 18.8 Å². The Kier molecular flexibility index (Phi) is 3.45. The molecule has 1 aliphatic rings. The third-order valence-corrected chi connectivity index (χ3v) is 4.24. The van der Waals surface area contributed by atoms with E-state index in [1.807, 2.05) is 11.0 Å². The number of fused-ring (bicyclic) bond motifs is 1. The highest BCUT2D eigenvalue weighted by Crippen LogP contribution is 2.26. The number of hydrogen-bond donors (Lipinski definition) is 0. The van der Waals surface area contributed by atoms with Crippen LogP contribution in [0, 0.1) is 0 Å². The van der Waals surface area contributed by atoms with Crippen LogP contribution in [0.15, 0.2) is 43.2 Å². The fourth-order valence-corrected chi connectivity index (χ4v) is 3.09. The quantitative estimate of drug-likeness (QED) is 0.718. The van der Waals surface area contributed by atoms with Crippen LogP contribution in [0.25, 0.3) is 5.65 Å². The van der Waals surface area contributed by atoms with Crippen molar-refractivity contribution in [3.05, 3.63) is 54.5 Å². The summed E-state index contributed by atoms with van der Waals surface area (Å²) in [6, 6.07) is 3.72. The number of carbonyl (C=O) groups excluding carboxylic acids is 1. The molecule has 0 aromatic carbocycles.